The lowest BCUT2D eigenvalue weighted by Crippen LogP contribution is -2.45. The number of sulfonamides is 1. The van der Waals surface area contributed by atoms with Gasteiger partial charge in [0.1, 0.15) is 5.75 Å². The number of halogens is 1. The maximum absolute atomic E-state index is 13.1. The first-order valence-corrected chi connectivity index (χ1v) is 11.3. The first kappa shape index (κ1) is 21.6. The molecule has 0 spiro atoms. The Kier molecular flexibility index (Phi) is 6.82. The minimum atomic E-state index is -3.74. The van der Waals surface area contributed by atoms with Crippen LogP contribution >= 0.6 is 11.6 Å². The van der Waals surface area contributed by atoms with Crippen LogP contribution in [0.3, 0.4) is 0 Å². The zero-order valence-electron chi connectivity index (χ0n) is 16.5. The molecule has 1 unspecified atom stereocenters. The summed E-state index contributed by atoms with van der Waals surface area (Å²) in [5, 5.41) is 0.237. The molecule has 1 saturated heterocycles. The Balaban J connectivity index is 1.72. The number of methoxy groups -OCH3 is 1. The molecule has 0 N–H and O–H groups in total. The van der Waals surface area contributed by atoms with Gasteiger partial charge in [-0.3, -0.25) is 4.79 Å². The molecule has 0 aromatic heterocycles. The van der Waals surface area contributed by atoms with Gasteiger partial charge in [-0.1, -0.05) is 41.9 Å². The number of hydrogen-bond donors (Lipinski definition) is 0. The highest BCUT2D eigenvalue weighted by molar-refractivity contribution is 7.89. The third-order valence-electron chi connectivity index (χ3n) is 5.13. The van der Waals surface area contributed by atoms with Gasteiger partial charge >= 0.3 is 0 Å². The average molecular weight is 437 g/mol. The van der Waals surface area contributed by atoms with E-state index in [0.717, 1.165) is 5.56 Å². The van der Waals surface area contributed by atoms with Crippen molar-refractivity contribution < 1.29 is 17.9 Å². The first-order chi connectivity index (χ1) is 13.8. The molecule has 0 aliphatic carbocycles. The van der Waals surface area contributed by atoms with Crippen LogP contribution in [0.5, 0.6) is 5.75 Å². The summed E-state index contributed by atoms with van der Waals surface area (Å²) < 4.78 is 32.6. The number of carbonyl (C=O) groups is 1. The van der Waals surface area contributed by atoms with E-state index in [9.17, 15) is 13.2 Å². The van der Waals surface area contributed by atoms with E-state index in [1.54, 1.807) is 11.9 Å². The van der Waals surface area contributed by atoms with E-state index >= 15 is 0 Å². The summed E-state index contributed by atoms with van der Waals surface area (Å²) in [6.45, 7) is 1.05. The Morgan fingerprint density at radius 2 is 1.97 bits per heavy atom. The van der Waals surface area contributed by atoms with E-state index in [1.807, 2.05) is 30.3 Å². The number of ether oxygens (including phenoxy) is 1. The molecule has 8 heteroatoms. The van der Waals surface area contributed by atoms with Gasteiger partial charge in [-0.25, -0.2) is 8.42 Å². The van der Waals surface area contributed by atoms with Crippen molar-refractivity contribution in [2.24, 2.45) is 5.92 Å². The summed E-state index contributed by atoms with van der Waals surface area (Å²) in [5.74, 6) is 0.0160. The minimum absolute atomic E-state index is 0.0403. The maximum atomic E-state index is 13.1. The summed E-state index contributed by atoms with van der Waals surface area (Å²) in [5.41, 5.74) is 1.04. The SMILES string of the molecule is COc1ccc(S(=O)(=O)N2CCCC(C(=O)N(C)Cc3ccccc3)C2)cc1Cl. The highest BCUT2D eigenvalue weighted by Gasteiger charge is 2.34. The van der Waals surface area contributed by atoms with Gasteiger partial charge in [0.2, 0.25) is 15.9 Å². The van der Waals surface area contributed by atoms with E-state index in [2.05, 4.69) is 0 Å². The van der Waals surface area contributed by atoms with Crippen LogP contribution in [0.15, 0.2) is 53.4 Å². The van der Waals surface area contributed by atoms with Crippen molar-refractivity contribution in [3.05, 3.63) is 59.1 Å². The van der Waals surface area contributed by atoms with Gasteiger partial charge < -0.3 is 9.64 Å². The van der Waals surface area contributed by atoms with Gasteiger partial charge in [-0.15, -0.1) is 0 Å². The van der Waals surface area contributed by atoms with Gasteiger partial charge in [-0.2, -0.15) is 4.31 Å². The Morgan fingerprint density at radius 3 is 2.62 bits per heavy atom. The predicted molar refractivity (Wildman–Crippen MR) is 112 cm³/mol. The largest absolute Gasteiger partial charge is 0.495 e. The molecule has 1 aliphatic heterocycles. The van der Waals surface area contributed by atoms with Crippen LogP contribution < -0.4 is 4.74 Å². The molecule has 29 heavy (non-hydrogen) atoms. The lowest BCUT2D eigenvalue weighted by atomic mass is 9.98. The molecular weight excluding hydrogens is 412 g/mol. The lowest BCUT2D eigenvalue weighted by Gasteiger charge is -2.33. The number of nitrogens with zero attached hydrogens (tertiary/aromatic N) is 2. The van der Waals surface area contributed by atoms with Gasteiger partial charge in [0.15, 0.2) is 0 Å². The first-order valence-electron chi connectivity index (χ1n) is 9.45. The van der Waals surface area contributed by atoms with Crippen LogP contribution in [0.2, 0.25) is 5.02 Å². The van der Waals surface area contributed by atoms with Gasteiger partial charge in [0, 0.05) is 26.7 Å². The van der Waals surface area contributed by atoms with Crippen molar-refractivity contribution in [2.45, 2.75) is 24.3 Å². The molecule has 2 aromatic rings. The monoisotopic (exact) mass is 436 g/mol. The Morgan fingerprint density at radius 1 is 1.24 bits per heavy atom. The van der Waals surface area contributed by atoms with E-state index in [1.165, 1.54) is 29.6 Å². The van der Waals surface area contributed by atoms with Crippen molar-refractivity contribution in [3.63, 3.8) is 0 Å². The molecular formula is C21H25ClN2O4S. The van der Waals surface area contributed by atoms with Crippen LogP contribution in [0.1, 0.15) is 18.4 Å². The molecule has 6 nitrogen and oxygen atoms in total. The molecule has 1 heterocycles. The normalized spacial score (nSPS) is 17.7. The summed E-state index contributed by atoms with van der Waals surface area (Å²) in [7, 11) is -0.508. The standard InChI is InChI=1S/C21H25ClN2O4S/c1-23(14-16-7-4-3-5-8-16)21(25)17-9-6-12-24(15-17)29(26,27)18-10-11-20(28-2)19(22)13-18/h3-5,7-8,10-11,13,17H,6,9,12,14-15H2,1-2H3. The van der Waals surface area contributed by atoms with E-state index in [4.69, 9.17) is 16.3 Å². The van der Waals surface area contributed by atoms with Crippen LogP contribution in [-0.2, 0) is 21.4 Å². The molecule has 1 aliphatic rings. The number of hydrogen-bond acceptors (Lipinski definition) is 4. The Labute approximate surface area is 177 Å². The van der Waals surface area contributed by atoms with E-state index in [0.29, 0.717) is 31.7 Å². The number of carbonyl (C=O) groups excluding carboxylic acids is 1. The molecule has 0 radical (unpaired) electrons. The molecule has 156 valence electrons. The van der Waals surface area contributed by atoms with Gasteiger partial charge in [-0.05, 0) is 36.6 Å². The van der Waals surface area contributed by atoms with E-state index < -0.39 is 10.0 Å². The molecule has 1 fully saturated rings. The lowest BCUT2D eigenvalue weighted by molar-refractivity contribution is -0.135. The fourth-order valence-electron chi connectivity index (χ4n) is 3.57. The Hall–Kier alpha value is -2.09. The zero-order valence-corrected chi connectivity index (χ0v) is 18.1. The van der Waals surface area contributed by atoms with Crippen LogP contribution in [-0.4, -0.2) is 50.8 Å². The second-order valence-electron chi connectivity index (χ2n) is 7.18. The van der Waals surface area contributed by atoms with Gasteiger partial charge in [0.25, 0.3) is 0 Å². The molecule has 1 atom stereocenters. The molecule has 3 rings (SSSR count). The molecule has 0 saturated carbocycles. The topological polar surface area (TPSA) is 66.9 Å². The third-order valence-corrected chi connectivity index (χ3v) is 7.29. The second kappa shape index (κ2) is 9.15. The maximum Gasteiger partial charge on any atom is 0.243 e. The smallest absolute Gasteiger partial charge is 0.243 e. The number of amides is 1. The Bertz CT molecular complexity index is 966. The van der Waals surface area contributed by atoms with Crippen LogP contribution in [0.4, 0.5) is 0 Å². The van der Waals surface area contributed by atoms with Crippen LogP contribution in [0, 0.1) is 5.92 Å². The van der Waals surface area contributed by atoms with Crippen LogP contribution in [0.25, 0.3) is 0 Å². The number of rotatable bonds is 6. The van der Waals surface area contributed by atoms with Gasteiger partial charge in [0.05, 0.1) is 22.9 Å². The summed E-state index contributed by atoms with van der Waals surface area (Å²) >= 11 is 6.10. The third kappa shape index (κ3) is 4.91. The molecule has 1 amide bonds. The predicted octanol–water partition coefficient (Wildman–Crippen LogP) is 3.41. The average Bonchev–Trinajstić information content (AvgIpc) is 2.74. The van der Waals surface area contributed by atoms with Crippen molar-refractivity contribution in [3.8, 4) is 5.75 Å². The highest BCUT2D eigenvalue weighted by atomic mass is 35.5. The molecule has 2 aromatic carbocycles. The highest BCUT2D eigenvalue weighted by Crippen LogP contribution is 2.30. The van der Waals surface area contributed by atoms with Crippen molar-refractivity contribution in [2.75, 3.05) is 27.2 Å². The number of piperidine rings is 1. The fourth-order valence-corrected chi connectivity index (χ4v) is 5.44. The summed E-state index contributed by atoms with van der Waals surface area (Å²) in [4.78, 5) is 14.7. The summed E-state index contributed by atoms with van der Waals surface area (Å²) in [6, 6.07) is 14.1. The van der Waals surface area contributed by atoms with Crippen molar-refractivity contribution in [1.29, 1.82) is 0 Å². The van der Waals surface area contributed by atoms with E-state index in [-0.39, 0.29) is 28.3 Å². The second-order valence-corrected chi connectivity index (χ2v) is 9.52. The van der Waals surface area contributed by atoms with Crippen molar-refractivity contribution >= 4 is 27.5 Å². The molecule has 0 bridgehead atoms. The number of benzene rings is 2. The fraction of sp³-hybridized carbons (Fsp3) is 0.381. The minimum Gasteiger partial charge on any atom is -0.495 e. The zero-order chi connectivity index (χ0) is 21.0. The summed E-state index contributed by atoms with van der Waals surface area (Å²) in [6.07, 6.45) is 1.31. The quantitative estimate of drug-likeness (QED) is 0.696. The van der Waals surface area contributed by atoms with Crippen molar-refractivity contribution in [1.82, 2.24) is 9.21 Å².